The number of carbonyl (C=O) groups excluding carboxylic acids is 3. The van der Waals surface area contributed by atoms with Crippen molar-refractivity contribution in [2.75, 3.05) is 13.1 Å². The van der Waals surface area contributed by atoms with Gasteiger partial charge in [-0.25, -0.2) is 4.79 Å². The summed E-state index contributed by atoms with van der Waals surface area (Å²) in [4.78, 5) is 44.6. The van der Waals surface area contributed by atoms with Crippen LogP contribution in [0.25, 0.3) is 0 Å². The van der Waals surface area contributed by atoms with Crippen molar-refractivity contribution in [3.8, 4) is 0 Å². The number of amides is 2. The summed E-state index contributed by atoms with van der Waals surface area (Å²) in [6.07, 6.45) is -0.603. The number of nitrogens with one attached hydrogen (secondary N) is 2. The van der Waals surface area contributed by atoms with E-state index in [2.05, 4.69) is 10.6 Å². The first-order valence-corrected chi connectivity index (χ1v) is 6.97. The quantitative estimate of drug-likeness (QED) is 0.383. The average molecular weight is 316 g/mol. The van der Waals surface area contributed by atoms with E-state index in [1.807, 2.05) is 13.8 Å². The van der Waals surface area contributed by atoms with Gasteiger partial charge in [0.25, 0.3) is 0 Å². The first-order valence-electron chi connectivity index (χ1n) is 6.97. The van der Waals surface area contributed by atoms with Crippen LogP contribution in [0.4, 0.5) is 0 Å². The second-order valence-electron chi connectivity index (χ2n) is 6.02. The SMILES string of the molecule is CC(C)CC(OC(=O)C(C)(C)CNC(=O)CNC=O)C(=O)O. The summed E-state index contributed by atoms with van der Waals surface area (Å²) < 4.78 is 5.04. The Hall–Kier alpha value is -2.12. The van der Waals surface area contributed by atoms with Gasteiger partial charge < -0.3 is 20.5 Å². The Balaban J connectivity index is 4.55. The van der Waals surface area contributed by atoms with Gasteiger partial charge in [-0.2, -0.15) is 0 Å². The summed E-state index contributed by atoms with van der Waals surface area (Å²) >= 11 is 0. The molecule has 0 aromatic rings. The van der Waals surface area contributed by atoms with E-state index in [9.17, 15) is 19.2 Å². The lowest BCUT2D eigenvalue weighted by molar-refractivity contribution is -0.171. The van der Waals surface area contributed by atoms with Crippen molar-refractivity contribution in [2.24, 2.45) is 11.3 Å². The van der Waals surface area contributed by atoms with Crippen LogP contribution in [-0.2, 0) is 23.9 Å². The fourth-order valence-corrected chi connectivity index (χ4v) is 1.50. The number of esters is 1. The zero-order valence-electron chi connectivity index (χ0n) is 13.3. The minimum Gasteiger partial charge on any atom is -0.479 e. The fraction of sp³-hybridized carbons (Fsp3) is 0.714. The molecule has 8 nitrogen and oxygen atoms in total. The van der Waals surface area contributed by atoms with E-state index in [0.29, 0.717) is 6.41 Å². The minimum atomic E-state index is -1.21. The molecule has 0 saturated carbocycles. The van der Waals surface area contributed by atoms with Gasteiger partial charge >= 0.3 is 11.9 Å². The molecule has 0 bridgehead atoms. The Morgan fingerprint density at radius 2 is 1.86 bits per heavy atom. The van der Waals surface area contributed by atoms with Crippen molar-refractivity contribution in [2.45, 2.75) is 40.2 Å². The highest BCUT2D eigenvalue weighted by molar-refractivity contribution is 5.83. The average Bonchev–Trinajstić information content (AvgIpc) is 2.41. The van der Waals surface area contributed by atoms with E-state index < -0.39 is 29.4 Å². The molecule has 2 amide bonds. The highest BCUT2D eigenvalue weighted by Crippen LogP contribution is 2.19. The molecule has 0 spiro atoms. The van der Waals surface area contributed by atoms with E-state index in [0.717, 1.165) is 0 Å². The second kappa shape index (κ2) is 9.01. The van der Waals surface area contributed by atoms with E-state index >= 15 is 0 Å². The van der Waals surface area contributed by atoms with Gasteiger partial charge in [0.15, 0.2) is 6.10 Å². The molecule has 0 aliphatic rings. The lowest BCUT2D eigenvalue weighted by Crippen LogP contribution is -2.44. The molecule has 1 atom stereocenters. The molecule has 0 fully saturated rings. The first-order chi connectivity index (χ1) is 10.1. The van der Waals surface area contributed by atoms with Gasteiger partial charge in [-0.15, -0.1) is 0 Å². The van der Waals surface area contributed by atoms with E-state index in [-0.39, 0.29) is 25.4 Å². The Bertz CT molecular complexity index is 420. The Kier molecular flexibility index (Phi) is 8.14. The van der Waals surface area contributed by atoms with Gasteiger partial charge in [-0.05, 0) is 26.2 Å². The first kappa shape index (κ1) is 19.9. The zero-order chi connectivity index (χ0) is 17.3. The smallest absolute Gasteiger partial charge is 0.345 e. The Morgan fingerprint density at radius 3 is 2.32 bits per heavy atom. The van der Waals surface area contributed by atoms with Gasteiger partial charge in [0.2, 0.25) is 12.3 Å². The highest BCUT2D eigenvalue weighted by atomic mass is 16.6. The largest absolute Gasteiger partial charge is 0.479 e. The lowest BCUT2D eigenvalue weighted by atomic mass is 9.93. The molecule has 0 aliphatic carbocycles. The van der Waals surface area contributed by atoms with Gasteiger partial charge in [-0.1, -0.05) is 13.8 Å². The zero-order valence-corrected chi connectivity index (χ0v) is 13.3. The molecule has 0 heterocycles. The number of hydrogen-bond acceptors (Lipinski definition) is 5. The van der Waals surface area contributed by atoms with Crippen LogP contribution in [0.2, 0.25) is 0 Å². The lowest BCUT2D eigenvalue weighted by Gasteiger charge is -2.25. The summed E-state index contributed by atoms with van der Waals surface area (Å²) in [5.41, 5.74) is -1.08. The molecule has 0 aromatic heterocycles. The minimum absolute atomic E-state index is 0.0286. The van der Waals surface area contributed by atoms with Crippen molar-refractivity contribution in [1.29, 1.82) is 0 Å². The third-order valence-electron chi connectivity index (χ3n) is 2.84. The molecule has 126 valence electrons. The van der Waals surface area contributed by atoms with Crippen LogP contribution in [0.15, 0.2) is 0 Å². The normalized spacial score (nSPS) is 12.4. The fourth-order valence-electron chi connectivity index (χ4n) is 1.50. The number of carboxylic acid groups (broad SMARTS) is 1. The summed E-state index contributed by atoms with van der Waals surface area (Å²) in [6, 6.07) is 0. The number of hydrogen-bond donors (Lipinski definition) is 3. The molecule has 0 rings (SSSR count). The van der Waals surface area contributed by atoms with Crippen LogP contribution in [0.1, 0.15) is 34.1 Å². The van der Waals surface area contributed by atoms with E-state index in [1.165, 1.54) is 13.8 Å². The molecular formula is C14H24N2O6. The number of ether oxygens (including phenoxy) is 1. The molecule has 22 heavy (non-hydrogen) atoms. The molecule has 0 saturated heterocycles. The van der Waals surface area contributed by atoms with Crippen molar-refractivity contribution in [3.63, 3.8) is 0 Å². The van der Waals surface area contributed by atoms with E-state index in [4.69, 9.17) is 9.84 Å². The third kappa shape index (κ3) is 7.61. The maximum absolute atomic E-state index is 12.1. The van der Waals surface area contributed by atoms with Gasteiger partial charge in [-0.3, -0.25) is 14.4 Å². The standard InChI is InChI=1S/C14H24N2O6/c1-9(2)5-10(12(19)20)22-13(21)14(3,4)7-16-11(18)6-15-8-17/h8-10H,5-7H2,1-4H3,(H,15,17)(H,16,18)(H,19,20). The summed E-state index contributed by atoms with van der Waals surface area (Å²) in [5.74, 6) is -2.29. The molecule has 8 heteroatoms. The van der Waals surface area contributed by atoms with Crippen molar-refractivity contribution < 1.29 is 29.0 Å². The van der Waals surface area contributed by atoms with Crippen LogP contribution in [0, 0.1) is 11.3 Å². The molecule has 1 unspecified atom stereocenters. The summed E-state index contributed by atoms with van der Waals surface area (Å²) in [7, 11) is 0. The van der Waals surface area contributed by atoms with Crippen LogP contribution < -0.4 is 10.6 Å². The number of carbonyl (C=O) groups is 4. The maximum atomic E-state index is 12.1. The van der Waals surface area contributed by atoms with Crippen LogP contribution >= 0.6 is 0 Å². The third-order valence-corrected chi connectivity index (χ3v) is 2.84. The molecule has 0 radical (unpaired) electrons. The van der Waals surface area contributed by atoms with Crippen molar-refractivity contribution in [1.82, 2.24) is 10.6 Å². The molecule has 3 N–H and O–H groups in total. The molecule has 0 aliphatic heterocycles. The van der Waals surface area contributed by atoms with Gasteiger partial charge in [0.1, 0.15) is 0 Å². The number of carboxylic acids is 1. The number of rotatable bonds is 10. The van der Waals surface area contributed by atoms with Crippen LogP contribution in [-0.4, -0.2) is 48.6 Å². The predicted octanol–water partition coefficient (Wildman–Crippen LogP) is -0.0827. The maximum Gasteiger partial charge on any atom is 0.345 e. The highest BCUT2D eigenvalue weighted by Gasteiger charge is 2.34. The molecule has 0 aromatic carbocycles. The predicted molar refractivity (Wildman–Crippen MR) is 77.8 cm³/mol. The topological polar surface area (TPSA) is 122 Å². The van der Waals surface area contributed by atoms with Crippen molar-refractivity contribution >= 4 is 24.3 Å². The summed E-state index contributed by atoms with van der Waals surface area (Å²) in [6.45, 7) is 6.51. The molecular weight excluding hydrogens is 292 g/mol. The van der Waals surface area contributed by atoms with Crippen molar-refractivity contribution in [3.05, 3.63) is 0 Å². The monoisotopic (exact) mass is 316 g/mol. The van der Waals surface area contributed by atoms with Gasteiger partial charge in [0.05, 0.1) is 12.0 Å². The Labute approximate surface area is 129 Å². The summed E-state index contributed by atoms with van der Waals surface area (Å²) in [5, 5.41) is 13.7. The van der Waals surface area contributed by atoms with E-state index in [1.54, 1.807) is 0 Å². The van der Waals surface area contributed by atoms with Crippen LogP contribution in [0.5, 0.6) is 0 Å². The number of aliphatic carboxylic acids is 1. The van der Waals surface area contributed by atoms with Gasteiger partial charge in [0, 0.05) is 6.54 Å². The Morgan fingerprint density at radius 1 is 1.27 bits per heavy atom. The van der Waals surface area contributed by atoms with Crippen LogP contribution in [0.3, 0.4) is 0 Å². The second-order valence-corrected chi connectivity index (χ2v) is 6.02.